The number of sulfone groups is 1. The third-order valence-electron chi connectivity index (χ3n) is 2.04. The standard InChI is InChI=1S/C6H13NO3S/c8-7-4-3-6-2-1-5-11(6,9)10/h6-8H,1-5H2. The molecule has 0 aromatic heterocycles. The summed E-state index contributed by atoms with van der Waals surface area (Å²) in [6, 6.07) is 0. The van der Waals surface area contributed by atoms with Crippen LogP contribution in [0.15, 0.2) is 0 Å². The molecule has 1 heterocycles. The van der Waals surface area contributed by atoms with Crippen molar-refractivity contribution in [1.82, 2.24) is 5.48 Å². The molecule has 1 unspecified atom stereocenters. The Morgan fingerprint density at radius 2 is 2.27 bits per heavy atom. The molecule has 1 aliphatic heterocycles. The Morgan fingerprint density at radius 3 is 2.73 bits per heavy atom. The van der Waals surface area contributed by atoms with E-state index in [-0.39, 0.29) is 5.25 Å². The monoisotopic (exact) mass is 179 g/mol. The second kappa shape index (κ2) is 3.51. The first-order valence-electron chi connectivity index (χ1n) is 3.75. The number of hydroxylamine groups is 1. The zero-order valence-electron chi connectivity index (χ0n) is 6.28. The molecule has 0 spiro atoms. The van der Waals surface area contributed by atoms with Gasteiger partial charge in [-0.25, -0.2) is 13.9 Å². The molecule has 4 nitrogen and oxygen atoms in total. The molecule has 1 rings (SSSR count). The predicted molar refractivity (Wildman–Crippen MR) is 41.2 cm³/mol. The summed E-state index contributed by atoms with van der Waals surface area (Å²) in [4.78, 5) is 0. The molecule has 0 aromatic carbocycles. The lowest BCUT2D eigenvalue weighted by Gasteiger charge is -2.06. The van der Waals surface area contributed by atoms with Crippen LogP contribution in [-0.2, 0) is 9.84 Å². The van der Waals surface area contributed by atoms with Gasteiger partial charge in [0.05, 0.1) is 11.0 Å². The first-order valence-corrected chi connectivity index (χ1v) is 5.47. The van der Waals surface area contributed by atoms with Gasteiger partial charge in [-0.15, -0.1) is 0 Å². The van der Waals surface area contributed by atoms with Crippen molar-refractivity contribution >= 4 is 9.84 Å². The topological polar surface area (TPSA) is 66.4 Å². The maximum atomic E-state index is 11.2. The Kier molecular flexibility index (Phi) is 2.86. The largest absolute Gasteiger partial charge is 0.317 e. The Balaban J connectivity index is 2.45. The highest BCUT2D eigenvalue weighted by atomic mass is 32.2. The van der Waals surface area contributed by atoms with E-state index in [1.54, 1.807) is 0 Å². The van der Waals surface area contributed by atoms with Crippen LogP contribution < -0.4 is 5.48 Å². The molecule has 1 saturated heterocycles. The van der Waals surface area contributed by atoms with Crippen molar-refractivity contribution < 1.29 is 13.6 Å². The van der Waals surface area contributed by atoms with Gasteiger partial charge in [0.1, 0.15) is 0 Å². The van der Waals surface area contributed by atoms with Crippen molar-refractivity contribution in [3.63, 3.8) is 0 Å². The average molecular weight is 179 g/mol. The molecule has 1 fully saturated rings. The first-order chi connectivity index (χ1) is 5.17. The summed E-state index contributed by atoms with van der Waals surface area (Å²) in [5.74, 6) is 0.323. The lowest BCUT2D eigenvalue weighted by atomic mass is 10.2. The van der Waals surface area contributed by atoms with Crippen LogP contribution in [0, 0.1) is 0 Å². The Morgan fingerprint density at radius 1 is 1.55 bits per heavy atom. The lowest BCUT2D eigenvalue weighted by Crippen LogP contribution is -2.21. The summed E-state index contributed by atoms with van der Waals surface area (Å²) < 4.78 is 22.3. The highest BCUT2D eigenvalue weighted by Crippen LogP contribution is 2.21. The fourth-order valence-electron chi connectivity index (χ4n) is 1.41. The van der Waals surface area contributed by atoms with Gasteiger partial charge in [0, 0.05) is 6.54 Å². The maximum Gasteiger partial charge on any atom is 0.153 e. The summed E-state index contributed by atoms with van der Waals surface area (Å²) in [5, 5.41) is 8.03. The van der Waals surface area contributed by atoms with E-state index < -0.39 is 9.84 Å². The van der Waals surface area contributed by atoms with Crippen molar-refractivity contribution in [2.75, 3.05) is 12.3 Å². The molecule has 0 bridgehead atoms. The van der Waals surface area contributed by atoms with E-state index in [9.17, 15) is 8.42 Å². The van der Waals surface area contributed by atoms with E-state index in [0.29, 0.717) is 18.7 Å². The van der Waals surface area contributed by atoms with Crippen LogP contribution in [0.3, 0.4) is 0 Å². The number of hydrogen-bond donors (Lipinski definition) is 2. The van der Waals surface area contributed by atoms with Gasteiger partial charge in [-0.1, -0.05) is 0 Å². The third kappa shape index (κ3) is 2.15. The van der Waals surface area contributed by atoms with E-state index in [2.05, 4.69) is 0 Å². The van der Waals surface area contributed by atoms with Gasteiger partial charge in [0.15, 0.2) is 9.84 Å². The first kappa shape index (κ1) is 8.96. The minimum atomic E-state index is -2.81. The molecule has 1 aliphatic rings. The summed E-state index contributed by atoms with van der Waals surface area (Å²) in [7, 11) is -2.81. The van der Waals surface area contributed by atoms with E-state index in [4.69, 9.17) is 5.21 Å². The minimum absolute atomic E-state index is 0.220. The van der Waals surface area contributed by atoms with Crippen molar-refractivity contribution in [3.8, 4) is 0 Å². The number of hydrogen-bond acceptors (Lipinski definition) is 4. The van der Waals surface area contributed by atoms with Crippen molar-refractivity contribution in [3.05, 3.63) is 0 Å². The predicted octanol–water partition coefficient (Wildman–Crippen LogP) is -0.0675. The normalized spacial score (nSPS) is 29.0. The van der Waals surface area contributed by atoms with Crippen LogP contribution in [-0.4, -0.2) is 31.2 Å². The molecule has 1 atom stereocenters. The summed E-state index contributed by atoms with van der Waals surface area (Å²) in [6.45, 7) is 0.365. The van der Waals surface area contributed by atoms with Gasteiger partial charge in [-0.3, -0.25) is 0 Å². The zero-order valence-corrected chi connectivity index (χ0v) is 7.10. The summed E-state index contributed by atoms with van der Waals surface area (Å²) in [5.41, 5.74) is 1.97. The highest BCUT2D eigenvalue weighted by Gasteiger charge is 2.30. The molecule has 0 amide bonds. The van der Waals surface area contributed by atoms with E-state index >= 15 is 0 Å². The summed E-state index contributed by atoms with van der Waals surface area (Å²) >= 11 is 0. The maximum absolute atomic E-state index is 11.2. The van der Waals surface area contributed by atoms with Gasteiger partial charge >= 0.3 is 0 Å². The van der Waals surface area contributed by atoms with E-state index in [0.717, 1.165) is 12.8 Å². The third-order valence-corrected chi connectivity index (χ3v) is 4.39. The summed E-state index contributed by atoms with van der Waals surface area (Å²) in [6.07, 6.45) is 2.06. The number of nitrogens with one attached hydrogen (secondary N) is 1. The van der Waals surface area contributed by atoms with Crippen LogP contribution in [0.4, 0.5) is 0 Å². The number of rotatable bonds is 3. The van der Waals surface area contributed by atoms with Crippen molar-refractivity contribution in [2.24, 2.45) is 0 Å². The molecule has 5 heteroatoms. The van der Waals surface area contributed by atoms with Crippen LogP contribution in [0.1, 0.15) is 19.3 Å². The van der Waals surface area contributed by atoms with Gasteiger partial charge < -0.3 is 5.21 Å². The van der Waals surface area contributed by atoms with Gasteiger partial charge in [-0.2, -0.15) is 0 Å². The lowest BCUT2D eigenvalue weighted by molar-refractivity contribution is 0.165. The second-order valence-corrected chi connectivity index (χ2v) is 5.23. The average Bonchev–Trinajstić information content (AvgIpc) is 2.25. The van der Waals surface area contributed by atoms with E-state index in [1.165, 1.54) is 0 Å². The van der Waals surface area contributed by atoms with Crippen molar-refractivity contribution in [2.45, 2.75) is 24.5 Å². The molecular weight excluding hydrogens is 166 g/mol. The minimum Gasteiger partial charge on any atom is -0.317 e. The molecule has 0 aromatic rings. The molecule has 0 radical (unpaired) electrons. The Hall–Kier alpha value is -0.130. The SMILES string of the molecule is O=S1(=O)CCCC1CCNO. The van der Waals surface area contributed by atoms with Crippen molar-refractivity contribution in [1.29, 1.82) is 0 Å². The van der Waals surface area contributed by atoms with Crippen LogP contribution in [0.25, 0.3) is 0 Å². The molecule has 11 heavy (non-hydrogen) atoms. The fraction of sp³-hybridized carbons (Fsp3) is 1.00. The molecule has 0 aliphatic carbocycles. The van der Waals surface area contributed by atoms with Crippen LogP contribution >= 0.6 is 0 Å². The fourth-order valence-corrected chi connectivity index (χ4v) is 3.31. The quantitative estimate of drug-likeness (QED) is 0.595. The van der Waals surface area contributed by atoms with Gasteiger partial charge in [0.2, 0.25) is 0 Å². The smallest absolute Gasteiger partial charge is 0.153 e. The van der Waals surface area contributed by atoms with Crippen LogP contribution in [0.5, 0.6) is 0 Å². The van der Waals surface area contributed by atoms with Gasteiger partial charge in [-0.05, 0) is 19.3 Å². The Labute approximate surface area is 66.5 Å². The van der Waals surface area contributed by atoms with E-state index in [1.807, 2.05) is 5.48 Å². The van der Waals surface area contributed by atoms with Crippen LogP contribution in [0.2, 0.25) is 0 Å². The molecule has 0 saturated carbocycles. The molecule has 66 valence electrons. The molecule has 2 N–H and O–H groups in total. The Bertz CT molecular complexity index is 212. The second-order valence-electron chi connectivity index (χ2n) is 2.83. The highest BCUT2D eigenvalue weighted by molar-refractivity contribution is 7.92. The zero-order chi connectivity index (χ0) is 8.32. The van der Waals surface area contributed by atoms with Gasteiger partial charge in [0.25, 0.3) is 0 Å². The molecular formula is C6H13NO3S.